The smallest absolute Gasteiger partial charge is 0.335 e. The van der Waals surface area contributed by atoms with Crippen LogP contribution in [0.1, 0.15) is 6.23 Å². The molecule has 3 rings (SSSR count). The largest absolute Gasteiger partial charge is 0.479 e. The Morgan fingerprint density at radius 2 is 1.89 bits per heavy atom. The molecule has 1 saturated heterocycles. The van der Waals surface area contributed by atoms with E-state index in [1.807, 2.05) is 0 Å². The SMILES string of the molecule is Nc1ncnc2c1ncn2[C@@H]1O[C@H](C(O)C(=O)O)[C@@H](O[N+](=O)[O-])[C@H]1O[N+](=O)[O-]. The number of carbonyl (C=O) groups is 1. The van der Waals surface area contributed by atoms with Crippen LogP contribution in [-0.4, -0.2) is 70.3 Å². The molecule has 150 valence electrons. The highest BCUT2D eigenvalue weighted by atomic mass is 17.0. The molecule has 28 heavy (non-hydrogen) atoms. The number of hydrogen-bond donors (Lipinski definition) is 3. The normalized spacial score (nSPS) is 25.3. The molecule has 0 aliphatic carbocycles. The summed E-state index contributed by atoms with van der Waals surface area (Å²) >= 11 is 0. The van der Waals surface area contributed by atoms with E-state index in [0.717, 1.165) is 17.2 Å². The van der Waals surface area contributed by atoms with Crippen molar-refractivity contribution in [2.24, 2.45) is 0 Å². The van der Waals surface area contributed by atoms with Gasteiger partial charge in [0, 0.05) is 0 Å². The number of fused-ring (bicyclic) bond motifs is 1. The highest BCUT2D eigenvalue weighted by molar-refractivity contribution is 5.81. The Morgan fingerprint density at radius 1 is 1.25 bits per heavy atom. The molecule has 0 amide bonds. The van der Waals surface area contributed by atoms with Gasteiger partial charge in [-0.3, -0.25) is 4.57 Å². The molecule has 4 N–H and O–H groups in total. The van der Waals surface area contributed by atoms with Crippen molar-refractivity contribution in [1.29, 1.82) is 0 Å². The molecule has 0 radical (unpaired) electrons. The fourth-order valence-electron chi connectivity index (χ4n) is 2.77. The molecule has 2 aromatic rings. The van der Waals surface area contributed by atoms with Gasteiger partial charge in [0.25, 0.3) is 10.2 Å². The summed E-state index contributed by atoms with van der Waals surface area (Å²) in [7, 11) is 0. The number of nitrogens with zero attached hydrogens (tertiary/aromatic N) is 6. The molecule has 5 atom stereocenters. The zero-order valence-corrected chi connectivity index (χ0v) is 13.5. The zero-order valence-electron chi connectivity index (χ0n) is 13.5. The number of nitrogens with two attached hydrogens (primary N) is 1. The fourth-order valence-corrected chi connectivity index (χ4v) is 2.77. The van der Waals surface area contributed by atoms with Crippen molar-refractivity contribution in [3.63, 3.8) is 0 Å². The second kappa shape index (κ2) is 7.04. The predicted octanol–water partition coefficient (Wildman–Crippen LogP) is -2.09. The molecule has 17 heteroatoms. The first kappa shape index (κ1) is 18.9. The van der Waals surface area contributed by atoms with Crippen LogP contribution in [0.3, 0.4) is 0 Å². The Morgan fingerprint density at radius 3 is 2.50 bits per heavy atom. The van der Waals surface area contributed by atoms with Gasteiger partial charge in [0.05, 0.1) is 6.33 Å². The number of aromatic nitrogens is 4. The van der Waals surface area contributed by atoms with Crippen molar-refractivity contribution in [2.75, 3.05) is 5.73 Å². The van der Waals surface area contributed by atoms with Gasteiger partial charge in [-0.1, -0.05) is 0 Å². The Bertz CT molecular complexity index is 934. The lowest BCUT2D eigenvalue weighted by Crippen LogP contribution is -2.46. The second-order valence-electron chi connectivity index (χ2n) is 5.44. The summed E-state index contributed by atoms with van der Waals surface area (Å²) in [6, 6.07) is 0. The molecule has 1 aliphatic rings. The average Bonchev–Trinajstić information content (AvgIpc) is 3.17. The van der Waals surface area contributed by atoms with Crippen LogP contribution >= 0.6 is 0 Å². The maximum Gasteiger partial charge on any atom is 0.335 e. The van der Waals surface area contributed by atoms with Gasteiger partial charge in [-0.2, -0.15) is 0 Å². The van der Waals surface area contributed by atoms with Crippen molar-refractivity contribution >= 4 is 23.0 Å². The summed E-state index contributed by atoms with van der Waals surface area (Å²) < 4.78 is 6.40. The van der Waals surface area contributed by atoms with E-state index in [1.165, 1.54) is 0 Å². The molecule has 17 nitrogen and oxygen atoms in total. The molecule has 3 heterocycles. The van der Waals surface area contributed by atoms with Crippen LogP contribution in [0.5, 0.6) is 0 Å². The molecule has 2 aromatic heterocycles. The van der Waals surface area contributed by atoms with Crippen molar-refractivity contribution < 1.29 is 39.6 Å². The number of nitrogen functional groups attached to an aromatic ring is 1. The minimum absolute atomic E-state index is 0.0137. The lowest BCUT2D eigenvalue weighted by atomic mass is 10.1. The second-order valence-corrected chi connectivity index (χ2v) is 5.44. The Labute approximate surface area is 152 Å². The summed E-state index contributed by atoms with van der Waals surface area (Å²) in [4.78, 5) is 53.1. The van der Waals surface area contributed by atoms with Gasteiger partial charge in [-0.05, 0) is 0 Å². The van der Waals surface area contributed by atoms with E-state index in [9.17, 15) is 30.1 Å². The lowest BCUT2D eigenvalue weighted by molar-refractivity contribution is -0.798. The summed E-state index contributed by atoms with van der Waals surface area (Å²) in [6.07, 6.45) is -7.47. The van der Waals surface area contributed by atoms with Crippen LogP contribution in [0, 0.1) is 20.2 Å². The molecule has 1 unspecified atom stereocenters. The first-order valence-corrected chi connectivity index (χ1v) is 7.32. The monoisotopic (exact) mass is 401 g/mol. The van der Waals surface area contributed by atoms with Crippen molar-refractivity contribution in [3.05, 3.63) is 32.9 Å². The minimum Gasteiger partial charge on any atom is -0.479 e. The van der Waals surface area contributed by atoms with E-state index < -0.39 is 46.8 Å². The minimum atomic E-state index is -2.32. The van der Waals surface area contributed by atoms with Gasteiger partial charge in [-0.15, -0.1) is 20.2 Å². The van der Waals surface area contributed by atoms with E-state index >= 15 is 0 Å². The number of aliphatic carboxylic acids is 1. The summed E-state index contributed by atoms with van der Waals surface area (Å²) in [5.41, 5.74) is 5.75. The number of aliphatic hydroxyl groups excluding tert-OH is 1. The Hall–Kier alpha value is -3.86. The highest BCUT2D eigenvalue weighted by Crippen LogP contribution is 2.37. The number of carboxylic acid groups (broad SMARTS) is 1. The van der Waals surface area contributed by atoms with Gasteiger partial charge in [0.2, 0.25) is 0 Å². The average molecular weight is 401 g/mol. The third kappa shape index (κ3) is 3.25. The van der Waals surface area contributed by atoms with Crippen LogP contribution in [0.25, 0.3) is 11.2 Å². The first-order chi connectivity index (χ1) is 13.2. The van der Waals surface area contributed by atoms with Crippen LogP contribution in [0.2, 0.25) is 0 Å². The van der Waals surface area contributed by atoms with Gasteiger partial charge in [0.1, 0.15) is 17.9 Å². The third-order valence-electron chi connectivity index (χ3n) is 3.87. The number of anilines is 1. The van der Waals surface area contributed by atoms with Crippen molar-refractivity contribution in [2.45, 2.75) is 30.6 Å². The number of ether oxygens (including phenoxy) is 1. The van der Waals surface area contributed by atoms with E-state index in [1.54, 1.807) is 0 Å². The van der Waals surface area contributed by atoms with Gasteiger partial charge >= 0.3 is 5.97 Å². The van der Waals surface area contributed by atoms with E-state index in [4.69, 9.17) is 15.6 Å². The third-order valence-corrected chi connectivity index (χ3v) is 3.87. The van der Waals surface area contributed by atoms with Crippen LogP contribution in [0.4, 0.5) is 5.82 Å². The van der Waals surface area contributed by atoms with Gasteiger partial charge in [0.15, 0.2) is 36.0 Å². The number of hydrogen-bond acceptors (Lipinski definition) is 13. The first-order valence-electron chi connectivity index (χ1n) is 7.32. The molecule has 1 fully saturated rings. The quantitative estimate of drug-likeness (QED) is 0.332. The summed E-state index contributed by atoms with van der Waals surface area (Å²) in [6.45, 7) is 0. The maximum absolute atomic E-state index is 11.1. The molecule has 0 aromatic carbocycles. The van der Waals surface area contributed by atoms with Gasteiger partial charge in [-0.25, -0.2) is 19.7 Å². The molecule has 0 spiro atoms. The van der Waals surface area contributed by atoms with E-state index in [-0.39, 0.29) is 17.0 Å². The summed E-state index contributed by atoms with van der Waals surface area (Å²) in [5, 5.41) is 37.9. The number of carboxylic acids is 1. The van der Waals surface area contributed by atoms with Crippen LogP contribution in [-0.2, 0) is 19.2 Å². The molecule has 0 saturated carbocycles. The molecular weight excluding hydrogens is 390 g/mol. The van der Waals surface area contributed by atoms with E-state index in [0.29, 0.717) is 0 Å². The standard InChI is InChI=1S/C11H11N7O10/c12-8-3-9(14-1-13-8)16(2-15-3)10-7(28-18(24)25)6(27-17(22)23)5(26-10)4(19)11(20)21/h1-2,4-7,10,19H,(H,20,21)(H2,12,13,14)/t4?,5-,6-,7-,10-/m1/s1. The van der Waals surface area contributed by atoms with E-state index in [2.05, 4.69) is 24.6 Å². The summed E-state index contributed by atoms with van der Waals surface area (Å²) in [5.74, 6) is -1.83. The van der Waals surface area contributed by atoms with Crippen molar-refractivity contribution in [1.82, 2.24) is 19.5 Å². The van der Waals surface area contributed by atoms with Crippen molar-refractivity contribution in [3.8, 4) is 0 Å². The Balaban J connectivity index is 2.09. The van der Waals surface area contributed by atoms with Crippen LogP contribution < -0.4 is 5.73 Å². The molecule has 0 bridgehead atoms. The highest BCUT2D eigenvalue weighted by Gasteiger charge is 2.55. The topological polar surface area (TPSA) is 241 Å². The number of aliphatic hydroxyl groups is 1. The fraction of sp³-hybridized carbons (Fsp3) is 0.455. The molecule has 1 aliphatic heterocycles. The Kier molecular flexibility index (Phi) is 4.76. The van der Waals surface area contributed by atoms with Crippen LogP contribution in [0.15, 0.2) is 12.7 Å². The number of imidazole rings is 1. The zero-order chi connectivity index (χ0) is 20.6. The molecular formula is C11H11N7O10. The maximum atomic E-state index is 11.1. The lowest BCUT2D eigenvalue weighted by Gasteiger charge is -2.21. The number of rotatable bonds is 7. The van der Waals surface area contributed by atoms with Gasteiger partial charge < -0.3 is 30.4 Å². The predicted molar refractivity (Wildman–Crippen MR) is 81.0 cm³/mol.